The van der Waals surface area contributed by atoms with Gasteiger partial charge in [0.1, 0.15) is 6.04 Å². The first-order valence-electron chi connectivity index (χ1n) is 6.52. The van der Waals surface area contributed by atoms with Crippen molar-refractivity contribution in [3.63, 3.8) is 0 Å². The molecule has 0 saturated carbocycles. The monoisotopic (exact) mass is 273 g/mol. The third kappa shape index (κ3) is 3.48. The molecule has 0 bridgehead atoms. The van der Waals surface area contributed by atoms with Crippen LogP contribution in [0.4, 0.5) is 13.2 Å². The van der Waals surface area contributed by atoms with Crippen molar-refractivity contribution in [3.05, 3.63) is 35.4 Å². The van der Waals surface area contributed by atoms with Crippen molar-refractivity contribution in [2.45, 2.75) is 38.1 Å². The predicted octanol–water partition coefficient (Wildman–Crippen LogP) is 3.23. The van der Waals surface area contributed by atoms with Crippen LogP contribution < -0.4 is 5.32 Å². The van der Waals surface area contributed by atoms with Gasteiger partial charge < -0.3 is 10.1 Å². The van der Waals surface area contributed by atoms with Gasteiger partial charge in [0, 0.05) is 6.42 Å². The van der Waals surface area contributed by atoms with Gasteiger partial charge in [0.05, 0.1) is 12.7 Å². The molecule has 106 valence electrons. The summed E-state index contributed by atoms with van der Waals surface area (Å²) in [5.41, 5.74) is 1.98. The normalized spacial score (nSPS) is 20.9. The van der Waals surface area contributed by atoms with E-state index in [1.165, 1.54) is 0 Å². The van der Waals surface area contributed by atoms with Crippen LogP contribution in [0.5, 0.6) is 0 Å². The fraction of sp³-hybridized carbons (Fsp3) is 0.571. The average molecular weight is 273 g/mol. The van der Waals surface area contributed by atoms with Gasteiger partial charge in [0.15, 0.2) is 0 Å². The van der Waals surface area contributed by atoms with Crippen molar-refractivity contribution in [3.8, 4) is 0 Å². The molecule has 0 fully saturated rings. The van der Waals surface area contributed by atoms with Crippen LogP contribution in [0.25, 0.3) is 0 Å². The van der Waals surface area contributed by atoms with Crippen LogP contribution in [0.1, 0.15) is 30.6 Å². The van der Waals surface area contributed by atoms with E-state index < -0.39 is 18.3 Å². The molecule has 0 spiro atoms. The van der Waals surface area contributed by atoms with E-state index in [0.29, 0.717) is 13.2 Å². The third-order valence-corrected chi connectivity index (χ3v) is 3.39. The minimum Gasteiger partial charge on any atom is -0.373 e. The summed E-state index contributed by atoms with van der Waals surface area (Å²) in [5.74, 6) is 0. The lowest BCUT2D eigenvalue weighted by molar-refractivity contribution is -0.164. The SMILES string of the molecule is CCNC(CC1OCCc2ccccc21)C(F)(F)F. The van der Waals surface area contributed by atoms with E-state index in [9.17, 15) is 13.2 Å². The Hall–Kier alpha value is -1.07. The van der Waals surface area contributed by atoms with Gasteiger partial charge in [-0.25, -0.2) is 0 Å². The molecule has 0 saturated heterocycles. The van der Waals surface area contributed by atoms with E-state index in [2.05, 4.69) is 5.32 Å². The first-order valence-corrected chi connectivity index (χ1v) is 6.52. The number of fused-ring (bicyclic) bond motifs is 1. The minimum atomic E-state index is -4.24. The lowest BCUT2D eigenvalue weighted by Gasteiger charge is -2.30. The summed E-state index contributed by atoms with van der Waals surface area (Å²) >= 11 is 0. The maximum Gasteiger partial charge on any atom is 0.403 e. The topological polar surface area (TPSA) is 21.3 Å². The van der Waals surface area contributed by atoms with Gasteiger partial charge in [-0.05, 0) is 24.1 Å². The zero-order valence-corrected chi connectivity index (χ0v) is 10.8. The van der Waals surface area contributed by atoms with Crippen LogP contribution in [0.15, 0.2) is 24.3 Å². The molecular formula is C14H18F3NO. The summed E-state index contributed by atoms with van der Waals surface area (Å²) in [7, 11) is 0. The Morgan fingerprint density at radius 3 is 2.79 bits per heavy atom. The number of alkyl halides is 3. The van der Waals surface area contributed by atoms with E-state index in [1.807, 2.05) is 24.3 Å². The first kappa shape index (κ1) is 14.3. The summed E-state index contributed by atoms with van der Waals surface area (Å²) < 4.78 is 44.3. The van der Waals surface area contributed by atoms with E-state index in [-0.39, 0.29) is 6.42 Å². The second-order valence-corrected chi connectivity index (χ2v) is 4.70. The third-order valence-electron chi connectivity index (χ3n) is 3.39. The number of hydrogen-bond acceptors (Lipinski definition) is 2. The first-order chi connectivity index (χ1) is 9.02. The molecule has 0 aliphatic carbocycles. The van der Waals surface area contributed by atoms with Crippen LogP contribution in [0.2, 0.25) is 0 Å². The number of rotatable bonds is 4. The Balaban J connectivity index is 2.15. The highest BCUT2D eigenvalue weighted by molar-refractivity contribution is 5.31. The minimum absolute atomic E-state index is 0.0750. The van der Waals surface area contributed by atoms with E-state index >= 15 is 0 Å². The number of hydrogen-bond donors (Lipinski definition) is 1. The molecule has 2 atom stereocenters. The van der Waals surface area contributed by atoms with Crippen LogP contribution >= 0.6 is 0 Å². The quantitative estimate of drug-likeness (QED) is 0.909. The van der Waals surface area contributed by atoms with E-state index in [1.54, 1.807) is 6.92 Å². The van der Waals surface area contributed by atoms with Gasteiger partial charge in [-0.3, -0.25) is 0 Å². The largest absolute Gasteiger partial charge is 0.403 e. The van der Waals surface area contributed by atoms with E-state index in [0.717, 1.165) is 17.5 Å². The molecular weight excluding hydrogens is 255 g/mol. The molecule has 2 unspecified atom stereocenters. The number of halogens is 3. The Labute approximate surface area is 111 Å². The van der Waals surface area contributed by atoms with Crippen molar-refractivity contribution in [1.82, 2.24) is 5.32 Å². The average Bonchev–Trinajstić information content (AvgIpc) is 2.37. The summed E-state index contributed by atoms with van der Waals surface area (Å²) in [6.07, 6.45) is -4.03. The highest BCUT2D eigenvalue weighted by atomic mass is 19.4. The Kier molecular flexibility index (Phi) is 4.47. The van der Waals surface area contributed by atoms with Gasteiger partial charge in [-0.15, -0.1) is 0 Å². The maximum absolute atomic E-state index is 12.9. The smallest absolute Gasteiger partial charge is 0.373 e. The van der Waals surface area contributed by atoms with Crippen LogP contribution in [-0.4, -0.2) is 25.4 Å². The summed E-state index contributed by atoms with van der Waals surface area (Å²) in [6, 6.07) is 6.05. The standard InChI is InChI=1S/C14H18F3NO/c1-2-18-13(14(15,16)17)9-12-11-6-4-3-5-10(11)7-8-19-12/h3-6,12-13,18H,2,7-9H2,1H3. The molecule has 0 aromatic heterocycles. The fourth-order valence-electron chi connectivity index (χ4n) is 2.47. The molecule has 0 amide bonds. The van der Waals surface area contributed by atoms with Gasteiger partial charge in [0.2, 0.25) is 0 Å². The van der Waals surface area contributed by atoms with Crippen molar-refractivity contribution in [2.75, 3.05) is 13.2 Å². The Morgan fingerprint density at radius 1 is 1.37 bits per heavy atom. The van der Waals surface area contributed by atoms with Crippen LogP contribution in [0.3, 0.4) is 0 Å². The maximum atomic E-state index is 12.9. The summed E-state index contributed by atoms with van der Waals surface area (Å²) in [5, 5.41) is 2.50. The Morgan fingerprint density at radius 2 is 2.11 bits per heavy atom. The lowest BCUT2D eigenvalue weighted by Crippen LogP contribution is -2.43. The summed E-state index contributed by atoms with van der Waals surface area (Å²) in [4.78, 5) is 0. The van der Waals surface area contributed by atoms with Crippen molar-refractivity contribution in [1.29, 1.82) is 0 Å². The lowest BCUT2D eigenvalue weighted by atomic mass is 9.93. The molecule has 2 rings (SSSR count). The van der Waals surface area contributed by atoms with Crippen molar-refractivity contribution < 1.29 is 17.9 Å². The number of nitrogens with one attached hydrogen (secondary N) is 1. The van der Waals surface area contributed by atoms with Gasteiger partial charge in [0.25, 0.3) is 0 Å². The zero-order valence-electron chi connectivity index (χ0n) is 10.8. The fourth-order valence-corrected chi connectivity index (χ4v) is 2.47. The molecule has 2 nitrogen and oxygen atoms in total. The number of benzene rings is 1. The molecule has 19 heavy (non-hydrogen) atoms. The highest BCUT2D eigenvalue weighted by Crippen LogP contribution is 2.34. The molecule has 1 aliphatic heterocycles. The van der Waals surface area contributed by atoms with Gasteiger partial charge in [-0.2, -0.15) is 13.2 Å². The summed E-state index contributed by atoms with van der Waals surface area (Å²) in [6.45, 7) is 2.45. The molecule has 1 aliphatic rings. The molecule has 1 heterocycles. The second-order valence-electron chi connectivity index (χ2n) is 4.70. The molecule has 1 aromatic rings. The molecule has 1 aromatic carbocycles. The van der Waals surface area contributed by atoms with E-state index in [4.69, 9.17) is 4.74 Å². The molecule has 1 N–H and O–H groups in total. The number of ether oxygens (including phenoxy) is 1. The Bertz CT molecular complexity index is 419. The van der Waals surface area contributed by atoms with Crippen LogP contribution in [0, 0.1) is 0 Å². The van der Waals surface area contributed by atoms with Gasteiger partial charge >= 0.3 is 6.18 Å². The predicted molar refractivity (Wildman–Crippen MR) is 67.0 cm³/mol. The molecule has 0 radical (unpaired) electrons. The second kappa shape index (κ2) is 5.92. The van der Waals surface area contributed by atoms with Crippen molar-refractivity contribution in [2.24, 2.45) is 0 Å². The van der Waals surface area contributed by atoms with Gasteiger partial charge in [-0.1, -0.05) is 31.2 Å². The van der Waals surface area contributed by atoms with Crippen molar-refractivity contribution >= 4 is 0 Å². The highest BCUT2D eigenvalue weighted by Gasteiger charge is 2.41. The van der Waals surface area contributed by atoms with Crippen LogP contribution in [-0.2, 0) is 11.2 Å². The molecule has 5 heteroatoms. The zero-order chi connectivity index (χ0) is 13.9.